The number of furan rings is 1. The van der Waals surface area contributed by atoms with Gasteiger partial charge in [0, 0.05) is 13.6 Å². The largest absolute Gasteiger partial charge is 0.468 e. The Hall–Kier alpha value is -1.29. The molecule has 2 heterocycles. The van der Waals surface area contributed by atoms with Gasteiger partial charge < -0.3 is 19.8 Å². The smallest absolute Gasteiger partial charge is 0.325 e. The van der Waals surface area contributed by atoms with Crippen LogP contribution in [0.15, 0.2) is 27.8 Å². The number of hydrogen-bond donors (Lipinski definition) is 2. The second-order valence-electron chi connectivity index (χ2n) is 7.17. The molecule has 0 radical (unpaired) electrons. The van der Waals surface area contributed by atoms with E-state index in [9.17, 15) is 4.79 Å². The molecule has 0 saturated carbocycles. The topological polar surface area (TPSA) is 79.1 Å². The fourth-order valence-corrected chi connectivity index (χ4v) is 2.89. The van der Waals surface area contributed by atoms with E-state index in [0.29, 0.717) is 12.5 Å². The molecule has 1 atom stereocenters. The van der Waals surface area contributed by atoms with Gasteiger partial charge in [0.2, 0.25) is 0 Å². The summed E-state index contributed by atoms with van der Waals surface area (Å²) < 4.78 is 10.9. The molecule has 0 spiro atoms. The van der Waals surface area contributed by atoms with Crippen molar-refractivity contribution in [3.05, 3.63) is 24.2 Å². The molecule has 0 bridgehead atoms. The van der Waals surface area contributed by atoms with Crippen molar-refractivity contribution < 1.29 is 13.9 Å². The van der Waals surface area contributed by atoms with E-state index in [-0.39, 0.29) is 42.5 Å². The molecular weight excluding hydrogens is 447 g/mol. The average molecular weight is 478 g/mol. The van der Waals surface area contributed by atoms with Crippen LogP contribution in [-0.4, -0.2) is 55.7 Å². The van der Waals surface area contributed by atoms with Crippen molar-refractivity contribution in [3.63, 3.8) is 0 Å². The van der Waals surface area contributed by atoms with Gasteiger partial charge >= 0.3 is 5.97 Å². The third kappa shape index (κ3) is 7.53. The van der Waals surface area contributed by atoms with Gasteiger partial charge in [-0.2, -0.15) is 0 Å². The monoisotopic (exact) mass is 478 g/mol. The van der Waals surface area contributed by atoms with Gasteiger partial charge in [0.1, 0.15) is 17.9 Å². The summed E-state index contributed by atoms with van der Waals surface area (Å²) in [5.41, 5.74) is -0.490. The summed E-state index contributed by atoms with van der Waals surface area (Å²) in [5.74, 6) is 1.20. The SMILES string of the molecule is CN=C(NCC(=O)OC(C)(C)C)NCC(c1ccco1)N1CCCC1.I. The Kier molecular flexibility index (Phi) is 9.42. The maximum Gasteiger partial charge on any atom is 0.325 e. The predicted molar refractivity (Wildman–Crippen MR) is 113 cm³/mol. The Labute approximate surface area is 173 Å². The maximum atomic E-state index is 11.8. The third-order valence-corrected chi connectivity index (χ3v) is 3.96. The van der Waals surface area contributed by atoms with Crippen LogP contribution in [0.1, 0.15) is 45.4 Å². The summed E-state index contributed by atoms with van der Waals surface area (Å²) in [6, 6.07) is 4.06. The van der Waals surface area contributed by atoms with E-state index >= 15 is 0 Å². The fourth-order valence-electron chi connectivity index (χ4n) is 2.89. The first-order valence-corrected chi connectivity index (χ1v) is 8.83. The second-order valence-corrected chi connectivity index (χ2v) is 7.17. The molecule has 7 nitrogen and oxygen atoms in total. The Bertz CT molecular complexity index is 563. The molecular formula is C18H31IN4O3. The Morgan fingerprint density at radius 2 is 2.04 bits per heavy atom. The third-order valence-electron chi connectivity index (χ3n) is 3.96. The summed E-state index contributed by atoms with van der Waals surface area (Å²) in [4.78, 5) is 18.4. The standard InChI is InChI=1S/C18H30N4O3.HI/c1-18(2,3)25-16(23)13-21-17(19-4)20-12-14(15-8-7-11-24-15)22-9-5-6-10-22;/h7-8,11,14H,5-6,9-10,12-13H2,1-4H3,(H2,19,20,21);1H. The van der Waals surface area contributed by atoms with Crippen molar-refractivity contribution in [1.82, 2.24) is 15.5 Å². The van der Waals surface area contributed by atoms with E-state index in [1.165, 1.54) is 12.8 Å². The number of esters is 1. The number of nitrogens with one attached hydrogen (secondary N) is 2. The van der Waals surface area contributed by atoms with Crippen LogP contribution in [0.4, 0.5) is 0 Å². The normalized spacial score (nSPS) is 16.7. The van der Waals surface area contributed by atoms with Crippen molar-refractivity contribution in [2.24, 2.45) is 4.99 Å². The predicted octanol–water partition coefficient (Wildman–Crippen LogP) is 2.54. The average Bonchev–Trinajstić information content (AvgIpc) is 3.22. The summed E-state index contributed by atoms with van der Waals surface area (Å²) in [6.45, 7) is 8.41. The molecule has 1 unspecified atom stereocenters. The lowest BCUT2D eigenvalue weighted by Gasteiger charge is -2.26. The number of carbonyl (C=O) groups is 1. The minimum absolute atomic E-state index is 0. The number of guanidine groups is 1. The fraction of sp³-hybridized carbons (Fsp3) is 0.667. The lowest BCUT2D eigenvalue weighted by atomic mass is 10.2. The van der Waals surface area contributed by atoms with E-state index in [1.807, 2.05) is 32.9 Å². The van der Waals surface area contributed by atoms with E-state index in [2.05, 4.69) is 20.5 Å². The van der Waals surface area contributed by atoms with Gasteiger partial charge in [-0.1, -0.05) is 0 Å². The zero-order valence-corrected chi connectivity index (χ0v) is 18.4. The van der Waals surface area contributed by atoms with Crippen LogP contribution in [-0.2, 0) is 9.53 Å². The maximum absolute atomic E-state index is 11.8. The number of carbonyl (C=O) groups excluding carboxylic acids is 1. The van der Waals surface area contributed by atoms with Gasteiger partial charge in [0.15, 0.2) is 5.96 Å². The molecule has 0 aliphatic carbocycles. The number of nitrogens with zero attached hydrogens (tertiary/aromatic N) is 2. The van der Waals surface area contributed by atoms with Gasteiger partial charge in [0.05, 0.1) is 12.3 Å². The van der Waals surface area contributed by atoms with Crippen molar-refractivity contribution in [2.45, 2.75) is 45.3 Å². The molecule has 148 valence electrons. The highest BCUT2D eigenvalue weighted by Gasteiger charge is 2.25. The minimum Gasteiger partial charge on any atom is -0.468 e. The Morgan fingerprint density at radius 1 is 1.35 bits per heavy atom. The van der Waals surface area contributed by atoms with Crippen LogP contribution in [0.2, 0.25) is 0 Å². The summed E-state index contributed by atoms with van der Waals surface area (Å²) in [7, 11) is 1.68. The number of rotatable bonds is 6. The quantitative estimate of drug-likeness (QED) is 0.283. The zero-order chi connectivity index (χ0) is 18.3. The molecule has 1 fully saturated rings. The van der Waals surface area contributed by atoms with E-state index in [0.717, 1.165) is 18.8 Å². The first kappa shape index (κ1) is 22.8. The zero-order valence-electron chi connectivity index (χ0n) is 16.1. The van der Waals surface area contributed by atoms with Crippen LogP contribution in [0.3, 0.4) is 0 Å². The van der Waals surface area contributed by atoms with Gasteiger partial charge in [-0.15, -0.1) is 24.0 Å². The molecule has 1 saturated heterocycles. The number of ether oxygens (including phenoxy) is 1. The van der Waals surface area contributed by atoms with E-state index in [4.69, 9.17) is 9.15 Å². The van der Waals surface area contributed by atoms with Crippen molar-refractivity contribution in [2.75, 3.05) is 33.2 Å². The summed E-state index contributed by atoms with van der Waals surface area (Å²) >= 11 is 0. The van der Waals surface area contributed by atoms with Crippen molar-refractivity contribution >= 4 is 35.9 Å². The van der Waals surface area contributed by atoms with E-state index < -0.39 is 5.60 Å². The lowest BCUT2D eigenvalue weighted by molar-refractivity contribution is -0.153. The summed E-state index contributed by atoms with van der Waals surface area (Å²) in [5, 5.41) is 6.28. The second kappa shape index (κ2) is 10.8. The molecule has 8 heteroatoms. The molecule has 26 heavy (non-hydrogen) atoms. The van der Waals surface area contributed by atoms with Gasteiger partial charge in [0.25, 0.3) is 0 Å². The van der Waals surface area contributed by atoms with Crippen LogP contribution in [0.25, 0.3) is 0 Å². The highest BCUT2D eigenvalue weighted by molar-refractivity contribution is 14.0. The number of halogens is 1. The molecule has 1 aliphatic rings. The minimum atomic E-state index is -0.490. The highest BCUT2D eigenvalue weighted by Crippen LogP contribution is 2.24. The number of aliphatic imine (C=N–C) groups is 1. The Balaban J connectivity index is 0.00000338. The van der Waals surface area contributed by atoms with Crippen LogP contribution in [0.5, 0.6) is 0 Å². The van der Waals surface area contributed by atoms with Crippen LogP contribution in [0, 0.1) is 0 Å². The van der Waals surface area contributed by atoms with Crippen LogP contribution < -0.4 is 10.6 Å². The molecule has 2 N–H and O–H groups in total. The van der Waals surface area contributed by atoms with Gasteiger partial charge in [-0.05, 0) is 58.8 Å². The first-order chi connectivity index (χ1) is 11.9. The van der Waals surface area contributed by atoms with Crippen LogP contribution >= 0.6 is 24.0 Å². The molecule has 0 aromatic carbocycles. The molecule has 1 aromatic rings. The van der Waals surface area contributed by atoms with Crippen molar-refractivity contribution in [3.8, 4) is 0 Å². The summed E-state index contributed by atoms with van der Waals surface area (Å²) in [6.07, 6.45) is 4.12. The van der Waals surface area contributed by atoms with Crippen molar-refractivity contribution in [1.29, 1.82) is 0 Å². The molecule has 1 aromatic heterocycles. The first-order valence-electron chi connectivity index (χ1n) is 8.83. The lowest BCUT2D eigenvalue weighted by Crippen LogP contribution is -2.45. The van der Waals surface area contributed by atoms with E-state index in [1.54, 1.807) is 13.3 Å². The van der Waals surface area contributed by atoms with Gasteiger partial charge in [-0.25, -0.2) is 0 Å². The Morgan fingerprint density at radius 3 is 2.58 bits per heavy atom. The number of hydrogen-bond acceptors (Lipinski definition) is 5. The molecule has 0 amide bonds. The van der Waals surface area contributed by atoms with Gasteiger partial charge in [-0.3, -0.25) is 14.7 Å². The molecule has 2 rings (SSSR count). The molecule has 1 aliphatic heterocycles. The number of likely N-dealkylation sites (tertiary alicyclic amines) is 1. The highest BCUT2D eigenvalue weighted by atomic mass is 127.